The summed E-state index contributed by atoms with van der Waals surface area (Å²) in [6.45, 7) is 0. The molecule has 0 radical (unpaired) electrons. The Morgan fingerprint density at radius 3 is 2.78 bits per heavy atom. The third-order valence-corrected chi connectivity index (χ3v) is 2.33. The van der Waals surface area contributed by atoms with E-state index in [0.29, 0.717) is 16.8 Å². The Hall–Kier alpha value is -2.94. The second kappa shape index (κ2) is 4.51. The number of pyridine rings is 1. The summed E-state index contributed by atoms with van der Waals surface area (Å²) in [6.07, 6.45) is 0. The van der Waals surface area contributed by atoms with E-state index < -0.39 is 4.92 Å². The first-order valence-electron chi connectivity index (χ1n) is 5.02. The highest BCUT2D eigenvalue weighted by molar-refractivity contribution is 5.66. The van der Waals surface area contributed by atoms with Gasteiger partial charge in [-0.2, -0.15) is 5.26 Å². The topological polar surface area (TPSA) is 106 Å². The van der Waals surface area contributed by atoms with Gasteiger partial charge in [0.05, 0.1) is 28.3 Å². The van der Waals surface area contributed by atoms with Crippen LogP contribution in [0.15, 0.2) is 36.4 Å². The van der Waals surface area contributed by atoms with Crippen LogP contribution in [0.2, 0.25) is 0 Å². The maximum atomic E-state index is 10.7. The minimum atomic E-state index is -0.532. The first kappa shape index (κ1) is 11.5. The molecule has 0 bridgehead atoms. The van der Waals surface area contributed by atoms with E-state index in [2.05, 4.69) is 4.98 Å². The second-order valence-corrected chi connectivity index (χ2v) is 3.59. The van der Waals surface area contributed by atoms with E-state index in [4.69, 9.17) is 11.0 Å². The lowest BCUT2D eigenvalue weighted by atomic mass is 10.1. The van der Waals surface area contributed by atoms with Crippen LogP contribution in [0.25, 0.3) is 11.3 Å². The van der Waals surface area contributed by atoms with Crippen LogP contribution in [0.1, 0.15) is 5.56 Å². The molecule has 0 saturated heterocycles. The number of nitrogens with two attached hydrogens (primary N) is 1. The molecule has 0 saturated carbocycles. The summed E-state index contributed by atoms with van der Waals surface area (Å²) in [7, 11) is 0. The van der Waals surface area contributed by atoms with Gasteiger partial charge in [-0.1, -0.05) is 12.1 Å². The molecule has 0 atom stereocenters. The normalized spacial score (nSPS) is 9.72. The van der Waals surface area contributed by atoms with Crippen molar-refractivity contribution in [1.29, 1.82) is 5.26 Å². The molecule has 1 heterocycles. The highest BCUT2D eigenvalue weighted by atomic mass is 16.6. The number of benzene rings is 1. The number of nitriles is 1. The molecule has 0 aliphatic rings. The fourth-order valence-corrected chi connectivity index (χ4v) is 1.54. The molecule has 2 N–H and O–H groups in total. The van der Waals surface area contributed by atoms with E-state index in [1.807, 2.05) is 6.07 Å². The Morgan fingerprint density at radius 2 is 2.11 bits per heavy atom. The average molecular weight is 240 g/mol. The van der Waals surface area contributed by atoms with E-state index >= 15 is 0 Å². The molecule has 18 heavy (non-hydrogen) atoms. The molecule has 0 aliphatic carbocycles. The molecule has 0 amide bonds. The van der Waals surface area contributed by atoms with Crippen molar-refractivity contribution >= 4 is 11.5 Å². The molecule has 1 aromatic heterocycles. The number of rotatable bonds is 2. The molecule has 88 valence electrons. The SMILES string of the molecule is N#Cc1cccc(-c2cc([N+](=O)[O-])cc(N)n2)c1. The first-order valence-corrected chi connectivity index (χ1v) is 5.02. The Kier molecular flexibility index (Phi) is 2.89. The number of nitrogen functional groups attached to an aromatic ring is 1. The summed E-state index contributed by atoms with van der Waals surface area (Å²) >= 11 is 0. The van der Waals surface area contributed by atoms with Gasteiger partial charge in [-0.25, -0.2) is 4.98 Å². The lowest BCUT2D eigenvalue weighted by molar-refractivity contribution is -0.384. The van der Waals surface area contributed by atoms with Crippen LogP contribution in [0, 0.1) is 21.4 Å². The third-order valence-electron chi connectivity index (χ3n) is 2.33. The highest BCUT2D eigenvalue weighted by Crippen LogP contribution is 2.24. The molecule has 1 aromatic carbocycles. The highest BCUT2D eigenvalue weighted by Gasteiger charge is 2.11. The minimum absolute atomic E-state index is 0.0709. The van der Waals surface area contributed by atoms with Gasteiger partial charge in [0, 0.05) is 11.6 Å². The van der Waals surface area contributed by atoms with E-state index in [9.17, 15) is 10.1 Å². The number of hydrogen-bond donors (Lipinski definition) is 1. The fraction of sp³-hybridized carbons (Fsp3) is 0. The van der Waals surface area contributed by atoms with Gasteiger partial charge in [0.2, 0.25) is 0 Å². The summed E-state index contributed by atoms with van der Waals surface area (Å²) in [5.74, 6) is 0.0709. The number of nitro groups is 1. The summed E-state index contributed by atoms with van der Waals surface area (Å²) < 4.78 is 0. The van der Waals surface area contributed by atoms with Crippen molar-refractivity contribution in [2.75, 3.05) is 5.73 Å². The van der Waals surface area contributed by atoms with Gasteiger partial charge >= 0.3 is 0 Å². The van der Waals surface area contributed by atoms with Gasteiger partial charge in [-0.15, -0.1) is 0 Å². The largest absolute Gasteiger partial charge is 0.383 e. The van der Waals surface area contributed by atoms with Crippen molar-refractivity contribution in [2.45, 2.75) is 0 Å². The Balaban J connectivity index is 2.57. The minimum Gasteiger partial charge on any atom is -0.383 e. The summed E-state index contributed by atoms with van der Waals surface area (Å²) in [6, 6.07) is 11.2. The number of aromatic nitrogens is 1. The maximum Gasteiger partial charge on any atom is 0.275 e. The maximum absolute atomic E-state index is 10.7. The summed E-state index contributed by atoms with van der Waals surface area (Å²) in [5.41, 5.74) is 6.85. The average Bonchev–Trinajstić information content (AvgIpc) is 2.38. The fourth-order valence-electron chi connectivity index (χ4n) is 1.54. The van der Waals surface area contributed by atoms with Crippen LogP contribution in [0.4, 0.5) is 11.5 Å². The van der Waals surface area contributed by atoms with E-state index in [1.54, 1.807) is 24.3 Å². The molecule has 0 unspecified atom stereocenters. The zero-order valence-corrected chi connectivity index (χ0v) is 9.20. The van der Waals surface area contributed by atoms with Crippen LogP contribution in [0.5, 0.6) is 0 Å². The van der Waals surface area contributed by atoms with Crippen LogP contribution in [-0.4, -0.2) is 9.91 Å². The lowest BCUT2D eigenvalue weighted by Crippen LogP contribution is -1.96. The molecule has 0 spiro atoms. The van der Waals surface area contributed by atoms with Crippen molar-refractivity contribution < 1.29 is 4.92 Å². The van der Waals surface area contributed by atoms with Crippen molar-refractivity contribution in [2.24, 2.45) is 0 Å². The molecular weight excluding hydrogens is 232 g/mol. The molecule has 2 rings (SSSR count). The molecule has 6 heteroatoms. The number of anilines is 1. The smallest absolute Gasteiger partial charge is 0.275 e. The molecular formula is C12H8N4O2. The Labute approximate surface area is 102 Å². The first-order chi connectivity index (χ1) is 8.60. The monoisotopic (exact) mass is 240 g/mol. The number of nitrogens with zero attached hydrogens (tertiary/aromatic N) is 3. The van der Waals surface area contributed by atoms with Gasteiger partial charge < -0.3 is 5.73 Å². The summed E-state index contributed by atoms with van der Waals surface area (Å²) in [5, 5.41) is 19.5. The lowest BCUT2D eigenvalue weighted by Gasteiger charge is -2.02. The molecule has 2 aromatic rings. The molecule has 0 fully saturated rings. The number of hydrogen-bond acceptors (Lipinski definition) is 5. The van der Waals surface area contributed by atoms with E-state index in [0.717, 1.165) is 0 Å². The Morgan fingerprint density at radius 1 is 1.33 bits per heavy atom. The quantitative estimate of drug-likeness (QED) is 0.639. The predicted molar refractivity (Wildman–Crippen MR) is 65.5 cm³/mol. The van der Waals surface area contributed by atoms with Crippen molar-refractivity contribution in [3.63, 3.8) is 0 Å². The molecule has 6 nitrogen and oxygen atoms in total. The van der Waals surface area contributed by atoms with Crippen LogP contribution < -0.4 is 5.73 Å². The second-order valence-electron chi connectivity index (χ2n) is 3.59. The van der Waals surface area contributed by atoms with Crippen molar-refractivity contribution in [1.82, 2.24) is 4.98 Å². The van der Waals surface area contributed by atoms with Gasteiger partial charge in [-0.05, 0) is 12.1 Å². The van der Waals surface area contributed by atoms with Crippen molar-refractivity contribution in [3.05, 3.63) is 52.1 Å². The zero-order valence-electron chi connectivity index (χ0n) is 9.20. The standard InChI is InChI=1S/C12H8N4O2/c13-7-8-2-1-3-9(4-8)11-5-10(16(17)18)6-12(14)15-11/h1-6H,(H2,14,15). The third kappa shape index (κ3) is 2.25. The Bertz CT molecular complexity index is 661. The van der Waals surface area contributed by atoms with Gasteiger partial charge in [0.1, 0.15) is 5.82 Å². The van der Waals surface area contributed by atoms with Crippen LogP contribution in [-0.2, 0) is 0 Å². The van der Waals surface area contributed by atoms with Crippen molar-refractivity contribution in [3.8, 4) is 17.3 Å². The summed E-state index contributed by atoms with van der Waals surface area (Å²) in [4.78, 5) is 14.2. The zero-order chi connectivity index (χ0) is 13.1. The van der Waals surface area contributed by atoms with Crippen LogP contribution >= 0.6 is 0 Å². The van der Waals surface area contributed by atoms with Crippen LogP contribution in [0.3, 0.4) is 0 Å². The van der Waals surface area contributed by atoms with Gasteiger partial charge in [0.15, 0.2) is 0 Å². The van der Waals surface area contributed by atoms with E-state index in [-0.39, 0.29) is 11.5 Å². The van der Waals surface area contributed by atoms with E-state index in [1.165, 1.54) is 12.1 Å². The predicted octanol–water partition coefficient (Wildman–Crippen LogP) is 2.11. The van der Waals surface area contributed by atoms with Gasteiger partial charge in [-0.3, -0.25) is 10.1 Å². The van der Waals surface area contributed by atoms with Gasteiger partial charge in [0.25, 0.3) is 5.69 Å². The molecule has 0 aliphatic heterocycles.